The zero-order valence-corrected chi connectivity index (χ0v) is 9.48. The van der Waals surface area contributed by atoms with Crippen LogP contribution in [0.25, 0.3) is 0 Å². The second kappa shape index (κ2) is 4.19. The molecular weight excluding hydrogens is 232 g/mol. The lowest BCUT2D eigenvalue weighted by atomic mass is 10.2. The quantitative estimate of drug-likeness (QED) is 0.744. The Hall–Kier alpha value is -1.08. The smallest absolute Gasteiger partial charge is 0.273 e. The normalized spacial score (nSPS) is 17.1. The highest BCUT2D eigenvalue weighted by Crippen LogP contribution is 2.32. The van der Waals surface area contributed by atoms with E-state index in [1.807, 2.05) is 0 Å². The molecule has 1 unspecified atom stereocenters. The summed E-state index contributed by atoms with van der Waals surface area (Å²) in [4.78, 5) is 12.0. The van der Waals surface area contributed by atoms with Crippen LogP contribution in [0.1, 0.15) is 23.3 Å². The van der Waals surface area contributed by atoms with Crippen molar-refractivity contribution in [2.24, 2.45) is 11.7 Å². The average Bonchev–Trinajstić information content (AvgIpc) is 2.87. The lowest BCUT2D eigenvalue weighted by molar-refractivity contribution is 0.0939. The van der Waals surface area contributed by atoms with Gasteiger partial charge < -0.3 is 11.1 Å². The summed E-state index contributed by atoms with van der Waals surface area (Å²) in [5.74, 6) is 0.145. The predicted octanol–water partition coefficient (Wildman–Crippen LogP) is 0.333. The van der Waals surface area contributed by atoms with Crippen molar-refractivity contribution in [3.63, 3.8) is 0 Å². The van der Waals surface area contributed by atoms with Crippen molar-refractivity contribution >= 4 is 34.6 Å². The third kappa shape index (κ3) is 2.48. The monoisotopic (exact) mass is 242 g/mol. The Kier molecular flexibility index (Phi) is 2.92. The Labute approximate surface area is 96.2 Å². The van der Waals surface area contributed by atoms with E-state index in [4.69, 9.17) is 18.0 Å². The Morgan fingerprint density at radius 3 is 2.93 bits per heavy atom. The van der Waals surface area contributed by atoms with Crippen molar-refractivity contribution in [1.29, 1.82) is 0 Å². The number of aromatic nitrogens is 2. The molecule has 1 aliphatic rings. The van der Waals surface area contributed by atoms with Gasteiger partial charge in [-0.2, -0.15) is 0 Å². The summed E-state index contributed by atoms with van der Waals surface area (Å²) >= 11 is 6.05. The van der Waals surface area contributed by atoms with Gasteiger partial charge in [-0.15, -0.1) is 5.10 Å². The van der Waals surface area contributed by atoms with Crippen LogP contribution in [0.15, 0.2) is 5.38 Å². The van der Waals surface area contributed by atoms with Gasteiger partial charge in [-0.05, 0) is 30.3 Å². The van der Waals surface area contributed by atoms with Crippen LogP contribution >= 0.6 is 23.8 Å². The van der Waals surface area contributed by atoms with Gasteiger partial charge in [0.25, 0.3) is 5.91 Å². The topological polar surface area (TPSA) is 80.9 Å². The molecule has 0 radical (unpaired) electrons. The fourth-order valence-corrected chi connectivity index (χ4v) is 2.02. The molecule has 3 N–H and O–H groups in total. The van der Waals surface area contributed by atoms with E-state index in [0.29, 0.717) is 16.6 Å². The van der Waals surface area contributed by atoms with E-state index in [-0.39, 0.29) is 11.9 Å². The minimum absolute atomic E-state index is 0.200. The van der Waals surface area contributed by atoms with Crippen molar-refractivity contribution in [2.45, 2.75) is 18.9 Å². The molecule has 1 aromatic rings. The van der Waals surface area contributed by atoms with Gasteiger partial charge >= 0.3 is 0 Å². The van der Waals surface area contributed by atoms with E-state index in [9.17, 15) is 4.79 Å². The molecule has 15 heavy (non-hydrogen) atoms. The molecule has 0 bridgehead atoms. The first-order valence-electron chi connectivity index (χ1n) is 4.55. The summed E-state index contributed by atoms with van der Waals surface area (Å²) in [7, 11) is 0. The Morgan fingerprint density at radius 2 is 2.47 bits per heavy atom. The van der Waals surface area contributed by atoms with E-state index in [1.54, 1.807) is 5.38 Å². The number of amides is 1. The minimum atomic E-state index is -0.256. The zero-order valence-electron chi connectivity index (χ0n) is 7.84. The lowest BCUT2D eigenvalue weighted by Gasteiger charge is -2.15. The van der Waals surface area contributed by atoms with Gasteiger partial charge in [0, 0.05) is 5.38 Å². The van der Waals surface area contributed by atoms with Crippen molar-refractivity contribution in [2.75, 3.05) is 0 Å². The molecule has 1 amide bonds. The highest BCUT2D eigenvalue weighted by molar-refractivity contribution is 7.80. The number of thiocarbonyl (C=S) groups is 1. The number of hydrogen-bond acceptors (Lipinski definition) is 5. The Morgan fingerprint density at radius 1 is 1.73 bits per heavy atom. The first kappa shape index (κ1) is 10.4. The molecule has 1 aliphatic carbocycles. The predicted molar refractivity (Wildman–Crippen MR) is 60.7 cm³/mol. The summed E-state index contributed by atoms with van der Waals surface area (Å²) in [6.45, 7) is 0. The molecule has 1 saturated carbocycles. The number of carbonyl (C=O) groups excluding carboxylic acids is 1. The van der Waals surface area contributed by atoms with E-state index >= 15 is 0 Å². The summed E-state index contributed by atoms with van der Waals surface area (Å²) in [5.41, 5.74) is 5.88. The van der Waals surface area contributed by atoms with Crippen LogP contribution in [0.5, 0.6) is 0 Å². The van der Waals surface area contributed by atoms with Crippen LogP contribution in [0, 0.1) is 5.92 Å². The summed E-state index contributed by atoms with van der Waals surface area (Å²) in [6.07, 6.45) is 2.13. The molecule has 1 heterocycles. The van der Waals surface area contributed by atoms with Gasteiger partial charge in [0.05, 0.1) is 11.0 Å². The average molecular weight is 242 g/mol. The van der Waals surface area contributed by atoms with Gasteiger partial charge in [-0.25, -0.2) is 0 Å². The molecule has 1 aromatic heterocycles. The van der Waals surface area contributed by atoms with Crippen molar-refractivity contribution in [1.82, 2.24) is 14.9 Å². The van der Waals surface area contributed by atoms with Gasteiger partial charge in [0.1, 0.15) is 0 Å². The van der Waals surface area contributed by atoms with Crippen LogP contribution in [-0.2, 0) is 0 Å². The van der Waals surface area contributed by atoms with E-state index in [0.717, 1.165) is 24.4 Å². The molecule has 80 valence electrons. The molecule has 7 heteroatoms. The minimum Gasteiger partial charge on any atom is -0.392 e. The number of nitrogens with zero attached hydrogens (tertiary/aromatic N) is 2. The molecule has 1 fully saturated rings. The van der Waals surface area contributed by atoms with Crippen LogP contribution in [-0.4, -0.2) is 26.5 Å². The van der Waals surface area contributed by atoms with Gasteiger partial charge in [0.15, 0.2) is 5.69 Å². The largest absolute Gasteiger partial charge is 0.392 e. The van der Waals surface area contributed by atoms with E-state index in [2.05, 4.69) is 14.9 Å². The lowest BCUT2D eigenvalue weighted by Crippen LogP contribution is -2.45. The summed E-state index contributed by atoms with van der Waals surface area (Å²) in [5, 5.41) is 8.06. The third-order valence-electron chi connectivity index (χ3n) is 2.28. The Bertz CT molecular complexity index is 374. The molecule has 5 nitrogen and oxygen atoms in total. The van der Waals surface area contributed by atoms with Crippen LogP contribution in [0.2, 0.25) is 0 Å². The second-order valence-corrected chi connectivity index (χ2v) is 4.56. The number of rotatable bonds is 4. The van der Waals surface area contributed by atoms with E-state index in [1.165, 1.54) is 0 Å². The van der Waals surface area contributed by atoms with Gasteiger partial charge in [-0.1, -0.05) is 16.7 Å². The maximum atomic E-state index is 11.6. The Balaban J connectivity index is 2.00. The molecule has 0 saturated heterocycles. The van der Waals surface area contributed by atoms with Crippen LogP contribution < -0.4 is 11.1 Å². The summed E-state index contributed by atoms with van der Waals surface area (Å²) in [6, 6.07) is -0.200. The summed E-state index contributed by atoms with van der Waals surface area (Å²) < 4.78 is 3.62. The highest BCUT2D eigenvalue weighted by Gasteiger charge is 2.34. The molecule has 1 atom stereocenters. The third-order valence-corrected chi connectivity index (χ3v) is 3.04. The van der Waals surface area contributed by atoms with Crippen LogP contribution in [0.4, 0.5) is 0 Å². The fourth-order valence-electron chi connectivity index (χ4n) is 1.33. The maximum Gasteiger partial charge on any atom is 0.273 e. The first-order valence-corrected chi connectivity index (χ1v) is 5.80. The van der Waals surface area contributed by atoms with Gasteiger partial charge in [-0.3, -0.25) is 4.79 Å². The number of nitrogens with two attached hydrogens (primary N) is 1. The zero-order chi connectivity index (χ0) is 10.8. The second-order valence-electron chi connectivity index (χ2n) is 3.48. The van der Waals surface area contributed by atoms with Crippen LogP contribution in [0.3, 0.4) is 0 Å². The molecular formula is C8H10N4OS2. The first-order chi connectivity index (χ1) is 7.18. The standard InChI is InChI=1S/C8H10N4OS2/c9-7(14)6(4-1-2-4)10-8(13)5-3-15-12-11-5/h3-4,6H,1-2H2,(H2,9,14)(H,10,13). The molecule has 0 aliphatic heterocycles. The van der Waals surface area contributed by atoms with Crippen molar-refractivity contribution < 1.29 is 4.79 Å². The molecule has 0 aromatic carbocycles. The number of carbonyl (C=O) groups is 1. The van der Waals surface area contributed by atoms with Gasteiger partial charge in [0.2, 0.25) is 0 Å². The molecule has 2 rings (SSSR count). The SMILES string of the molecule is NC(=S)C(NC(=O)c1csnn1)C1CC1. The number of nitrogens with one attached hydrogen (secondary N) is 1. The highest BCUT2D eigenvalue weighted by atomic mass is 32.1. The number of hydrogen-bond donors (Lipinski definition) is 2. The maximum absolute atomic E-state index is 11.6. The van der Waals surface area contributed by atoms with E-state index < -0.39 is 0 Å². The van der Waals surface area contributed by atoms with Crippen molar-refractivity contribution in [3.8, 4) is 0 Å². The fraction of sp³-hybridized carbons (Fsp3) is 0.500. The van der Waals surface area contributed by atoms with Crippen molar-refractivity contribution in [3.05, 3.63) is 11.1 Å². The molecule has 0 spiro atoms.